The summed E-state index contributed by atoms with van der Waals surface area (Å²) in [6.45, 7) is 5.58. The van der Waals surface area contributed by atoms with Crippen molar-refractivity contribution in [1.29, 1.82) is 0 Å². The highest BCUT2D eigenvalue weighted by Crippen LogP contribution is 2.17. The summed E-state index contributed by atoms with van der Waals surface area (Å²) in [6, 6.07) is 4.24. The van der Waals surface area contributed by atoms with E-state index in [1.54, 1.807) is 28.3 Å². The number of aromatic nitrogens is 2. The van der Waals surface area contributed by atoms with E-state index in [2.05, 4.69) is 36.3 Å². The smallest absolute Gasteiger partial charge is 0.293 e. The summed E-state index contributed by atoms with van der Waals surface area (Å²) in [7, 11) is 0. The van der Waals surface area contributed by atoms with E-state index in [9.17, 15) is 4.79 Å². The van der Waals surface area contributed by atoms with Crippen molar-refractivity contribution in [2.45, 2.75) is 39.8 Å². The zero-order valence-electron chi connectivity index (χ0n) is 11.3. The number of hydrogen-bond donors (Lipinski definition) is 1. The first-order chi connectivity index (χ1) is 9.24. The lowest BCUT2D eigenvalue weighted by molar-refractivity contribution is 0.649. The molecule has 1 N–H and O–H groups in total. The Hall–Kier alpha value is -1.62. The van der Waals surface area contributed by atoms with Crippen molar-refractivity contribution >= 4 is 17.2 Å². The minimum atomic E-state index is -0.0448. The lowest BCUT2D eigenvalue weighted by atomic mass is 10.3. The van der Waals surface area contributed by atoms with Crippen molar-refractivity contribution < 1.29 is 0 Å². The summed E-state index contributed by atoms with van der Waals surface area (Å²) in [5.74, 6) is 0.433. The maximum absolute atomic E-state index is 12.1. The van der Waals surface area contributed by atoms with Gasteiger partial charge in [-0.15, -0.1) is 11.3 Å². The lowest BCUT2D eigenvalue weighted by Crippen LogP contribution is -2.24. The van der Waals surface area contributed by atoms with E-state index < -0.39 is 0 Å². The molecule has 0 atom stereocenters. The molecular weight excluding hydrogens is 258 g/mol. The first kappa shape index (κ1) is 13.8. The molecule has 0 aliphatic rings. The average molecular weight is 277 g/mol. The average Bonchev–Trinajstić information content (AvgIpc) is 2.88. The second-order valence-electron chi connectivity index (χ2n) is 4.35. The second-order valence-corrected chi connectivity index (χ2v) is 5.60. The Bertz CT molecular complexity index is 588. The normalized spacial score (nSPS) is 10.6. The van der Waals surface area contributed by atoms with E-state index in [1.807, 2.05) is 0 Å². The molecule has 5 heteroatoms. The molecule has 0 amide bonds. The highest BCUT2D eigenvalue weighted by Gasteiger charge is 2.05. The van der Waals surface area contributed by atoms with Gasteiger partial charge < -0.3 is 9.88 Å². The van der Waals surface area contributed by atoms with Crippen LogP contribution in [0.15, 0.2) is 29.3 Å². The van der Waals surface area contributed by atoms with E-state index in [0.717, 1.165) is 19.4 Å². The molecule has 0 saturated heterocycles. The Labute approximate surface area is 117 Å². The van der Waals surface area contributed by atoms with Gasteiger partial charge in [-0.1, -0.05) is 13.8 Å². The molecule has 0 bridgehead atoms. The molecule has 19 heavy (non-hydrogen) atoms. The Morgan fingerprint density at radius 2 is 2.11 bits per heavy atom. The van der Waals surface area contributed by atoms with Crippen LogP contribution in [0.2, 0.25) is 0 Å². The van der Waals surface area contributed by atoms with Crippen LogP contribution in [0.1, 0.15) is 30.0 Å². The summed E-state index contributed by atoms with van der Waals surface area (Å²) in [6.07, 6.45) is 5.40. The van der Waals surface area contributed by atoms with Crippen molar-refractivity contribution in [1.82, 2.24) is 9.55 Å². The summed E-state index contributed by atoms with van der Waals surface area (Å²) in [5.41, 5.74) is -0.0448. The summed E-state index contributed by atoms with van der Waals surface area (Å²) < 4.78 is 1.70. The predicted molar refractivity (Wildman–Crippen MR) is 79.8 cm³/mol. The fraction of sp³-hybridized carbons (Fsp3) is 0.429. The number of nitrogens with zero attached hydrogens (tertiary/aromatic N) is 2. The van der Waals surface area contributed by atoms with Crippen LogP contribution in [-0.2, 0) is 19.5 Å². The number of hydrogen-bond acceptors (Lipinski definition) is 4. The van der Waals surface area contributed by atoms with Gasteiger partial charge in [0, 0.05) is 28.7 Å². The standard InChI is InChI=1S/C14H19N3OS/c1-3-8-17-9-7-15-13(14(17)18)16-10-12-6-5-11(4-2)19-12/h5-7,9H,3-4,8,10H2,1-2H3,(H,15,16). The molecular formula is C14H19N3OS. The molecule has 0 spiro atoms. The summed E-state index contributed by atoms with van der Waals surface area (Å²) in [5, 5.41) is 3.13. The van der Waals surface area contributed by atoms with Gasteiger partial charge in [0.05, 0.1) is 6.54 Å². The van der Waals surface area contributed by atoms with Crippen LogP contribution in [0.4, 0.5) is 5.82 Å². The van der Waals surface area contributed by atoms with Crippen LogP contribution in [-0.4, -0.2) is 9.55 Å². The van der Waals surface area contributed by atoms with E-state index >= 15 is 0 Å². The quantitative estimate of drug-likeness (QED) is 0.883. The molecule has 2 aromatic rings. The van der Waals surface area contributed by atoms with Crippen LogP contribution < -0.4 is 10.9 Å². The third kappa shape index (κ3) is 3.44. The fourth-order valence-electron chi connectivity index (χ4n) is 1.86. The second kappa shape index (κ2) is 6.52. The van der Waals surface area contributed by atoms with E-state index in [4.69, 9.17) is 0 Å². The van der Waals surface area contributed by atoms with E-state index in [-0.39, 0.29) is 5.56 Å². The first-order valence-corrected chi connectivity index (χ1v) is 7.43. The number of anilines is 1. The maximum atomic E-state index is 12.1. The van der Waals surface area contributed by atoms with Gasteiger partial charge >= 0.3 is 0 Å². The molecule has 102 valence electrons. The zero-order valence-corrected chi connectivity index (χ0v) is 12.2. The summed E-state index contributed by atoms with van der Waals surface area (Å²) in [4.78, 5) is 18.8. The highest BCUT2D eigenvalue weighted by atomic mass is 32.1. The fourth-order valence-corrected chi connectivity index (χ4v) is 2.76. The molecule has 0 aliphatic carbocycles. The number of nitrogens with one attached hydrogen (secondary N) is 1. The van der Waals surface area contributed by atoms with Gasteiger partial charge in [-0.2, -0.15) is 0 Å². The third-order valence-corrected chi connectivity index (χ3v) is 4.10. The first-order valence-electron chi connectivity index (χ1n) is 6.61. The van der Waals surface area contributed by atoms with Crippen LogP contribution in [0.5, 0.6) is 0 Å². The minimum Gasteiger partial charge on any atom is -0.361 e. The highest BCUT2D eigenvalue weighted by molar-refractivity contribution is 7.12. The molecule has 2 heterocycles. The third-order valence-electron chi connectivity index (χ3n) is 2.87. The topological polar surface area (TPSA) is 46.9 Å². The molecule has 0 saturated carbocycles. The van der Waals surface area contributed by atoms with Crippen LogP contribution in [0.3, 0.4) is 0 Å². The molecule has 0 aliphatic heterocycles. The van der Waals surface area contributed by atoms with E-state index in [1.165, 1.54) is 9.75 Å². The van der Waals surface area contributed by atoms with Gasteiger partial charge in [0.1, 0.15) is 0 Å². The zero-order chi connectivity index (χ0) is 13.7. The monoisotopic (exact) mass is 277 g/mol. The summed E-state index contributed by atoms with van der Waals surface area (Å²) >= 11 is 1.77. The SMILES string of the molecule is CCCn1ccnc(NCc2ccc(CC)s2)c1=O. The molecule has 4 nitrogen and oxygen atoms in total. The molecule has 2 aromatic heterocycles. The molecule has 0 aromatic carbocycles. The van der Waals surface area contributed by atoms with Crippen molar-refractivity contribution in [3.63, 3.8) is 0 Å². The molecule has 2 rings (SSSR count). The van der Waals surface area contributed by atoms with Gasteiger partial charge in [-0.05, 0) is 25.0 Å². The Morgan fingerprint density at radius 1 is 1.32 bits per heavy atom. The molecule has 0 unspecified atom stereocenters. The predicted octanol–water partition coefficient (Wildman–Crippen LogP) is 2.89. The van der Waals surface area contributed by atoms with Crippen molar-refractivity contribution in [3.05, 3.63) is 44.6 Å². The molecule has 0 fully saturated rings. The largest absolute Gasteiger partial charge is 0.361 e. The Balaban J connectivity index is 2.07. The Kier molecular flexibility index (Phi) is 4.74. The van der Waals surface area contributed by atoms with Crippen LogP contribution in [0.25, 0.3) is 0 Å². The van der Waals surface area contributed by atoms with Gasteiger partial charge in [-0.3, -0.25) is 4.79 Å². The van der Waals surface area contributed by atoms with Gasteiger partial charge in [0.2, 0.25) is 0 Å². The number of rotatable bonds is 6. The van der Waals surface area contributed by atoms with Crippen LogP contribution >= 0.6 is 11.3 Å². The van der Waals surface area contributed by atoms with Crippen molar-refractivity contribution in [2.24, 2.45) is 0 Å². The lowest BCUT2D eigenvalue weighted by Gasteiger charge is -2.07. The van der Waals surface area contributed by atoms with Gasteiger partial charge in [0.25, 0.3) is 5.56 Å². The Morgan fingerprint density at radius 3 is 2.79 bits per heavy atom. The van der Waals surface area contributed by atoms with Crippen molar-refractivity contribution in [3.8, 4) is 0 Å². The van der Waals surface area contributed by atoms with Crippen LogP contribution in [0, 0.1) is 0 Å². The minimum absolute atomic E-state index is 0.0448. The number of thiophene rings is 1. The van der Waals surface area contributed by atoms with Crippen molar-refractivity contribution in [2.75, 3.05) is 5.32 Å². The maximum Gasteiger partial charge on any atom is 0.293 e. The number of aryl methyl sites for hydroxylation is 2. The van der Waals surface area contributed by atoms with Gasteiger partial charge in [-0.25, -0.2) is 4.98 Å². The molecule has 0 radical (unpaired) electrons. The van der Waals surface area contributed by atoms with E-state index in [0.29, 0.717) is 12.4 Å². The van der Waals surface area contributed by atoms with Gasteiger partial charge in [0.15, 0.2) is 5.82 Å².